The highest BCUT2D eigenvalue weighted by atomic mass is 35.5. The van der Waals surface area contributed by atoms with Gasteiger partial charge in [0.1, 0.15) is 0 Å². The number of nitrogens with one attached hydrogen (secondary N) is 1. The van der Waals surface area contributed by atoms with Crippen LogP contribution in [-0.4, -0.2) is 31.2 Å². The Balaban J connectivity index is 0.00000196. The minimum atomic E-state index is 0. The SMILES string of the molecule is CC(CC1CCCO1)NC(=O)CCN.Cl. The summed E-state index contributed by atoms with van der Waals surface area (Å²) < 4.78 is 5.49. The lowest BCUT2D eigenvalue weighted by atomic mass is 10.1. The average molecular weight is 237 g/mol. The number of carbonyl (C=O) groups excluding carboxylic acids is 1. The van der Waals surface area contributed by atoms with E-state index in [-0.39, 0.29) is 24.4 Å². The van der Waals surface area contributed by atoms with E-state index in [9.17, 15) is 4.79 Å². The first-order valence-corrected chi connectivity index (χ1v) is 5.33. The molecule has 5 heteroatoms. The molecule has 2 atom stereocenters. The molecule has 0 aliphatic carbocycles. The molecule has 0 spiro atoms. The van der Waals surface area contributed by atoms with Crippen molar-refractivity contribution in [3.05, 3.63) is 0 Å². The van der Waals surface area contributed by atoms with Gasteiger partial charge < -0.3 is 15.8 Å². The van der Waals surface area contributed by atoms with Crippen LogP contribution < -0.4 is 11.1 Å². The molecule has 1 aliphatic heterocycles. The third-order valence-corrected chi connectivity index (χ3v) is 2.42. The van der Waals surface area contributed by atoms with Gasteiger partial charge in [-0.3, -0.25) is 4.79 Å². The fraction of sp³-hybridized carbons (Fsp3) is 0.900. The zero-order valence-corrected chi connectivity index (χ0v) is 10.0. The Morgan fingerprint density at radius 2 is 2.40 bits per heavy atom. The average Bonchev–Trinajstić information content (AvgIpc) is 2.56. The van der Waals surface area contributed by atoms with E-state index in [0.29, 0.717) is 19.1 Å². The Bertz CT molecular complexity index is 184. The van der Waals surface area contributed by atoms with Crippen molar-refractivity contribution < 1.29 is 9.53 Å². The second-order valence-corrected chi connectivity index (χ2v) is 3.88. The number of ether oxygens (including phenoxy) is 1. The minimum absolute atomic E-state index is 0. The molecule has 0 aromatic heterocycles. The predicted molar refractivity (Wildman–Crippen MR) is 62.1 cm³/mol. The van der Waals surface area contributed by atoms with Gasteiger partial charge in [0.05, 0.1) is 6.10 Å². The van der Waals surface area contributed by atoms with Crippen LogP contribution in [0.25, 0.3) is 0 Å². The van der Waals surface area contributed by atoms with Crippen LogP contribution in [0.3, 0.4) is 0 Å². The van der Waals surface area contributed by atoms with Crippen LogP contribution in [0.5, 0.6) is 0 Å². The number of amides is 1. The maximum absolute atomic E-state index is 11.2. The van der Waals surface area contributed by atoms with Gasteiger partial charge >= 0.3 is 0 Å². The van der Waals surface area contributed by atoms with Gasteiger partial charge in [0, 0.05) is 25.6 Å². The van der Waals surface area contributed by atoms with Crippen LogP contribution in [0, 0.1) is 0 Å². The molecule has 4 nitrogen and oxygen atoms in total. The zero-order chi connectivity index (χ0) is 10.4. The number of rotatable bonds is 5. The van der Waals surface area contributed by atoms with Gasteiger partial charge in [-0.2, -0.15) is 0 Å². The second kappa shape index (κ2) is 7.91. The summed E-state index contributed by atoms with van der Waals surface area (Å²) in [6, 6.07) is 0.192. The number of halogens is 1. The van der Waals surface area contributed by atoms with E-state index < -0.39 is 0 Å². The van der Waals surface area contributed by atoms with Crippen molar-refractivity contribution in [2.75, 3.05) is 13.2 Å². The lowest BCUT2D eigenvalue weighted by Crippen LogP contribution is -2.35. The molecule has 1 amide bonds. The molecule has 1 heterocycles. The summed E-state index contributed by atoms with van der Waals surface area (Å²) in [5.74, 6) is 0.0398. The summed E-state index contributed by atoms with van der Waals surface area (Å²) in [5.41, 5.74) is 5.28. The van der Waals surface area contributed by atoms with Crippen LogP contribution >= 0.6 is 12.4 Å². The monoisotopic (exact) mass is 236 g/mol. The lowest BCUT2D eigenvalue weighted by molar-refractivity contribution is -0.121. The molecule has 1 aliphatic rings. The summed E-state index contributed by atoms with van der Waals surface area (Å²) >= 11 is 0. The molecule has 1 fully saturated rings. The zero-order valence-electron chi connectivity index (χ0n) is 9.20. The Kier molecular flexibility index (Phi) is 7.74. The molecule has 1 rings (SSSR count). The summed E-state index contributed by atoms with van der Waals surface area (Å²) in [6.45, 7) is 3.29. The van der Waals surface area contributed by atoms with E-state index >= 15 is 0 Å². The second-order valence-electron chi connectivity index (χ2n) is 3.88. The summed E-state index contributed by atoms with van der Waals surface area (Å²) in [7, 11) is 0. The quantitative estimate of drug-likeness (QED) is 0.743. The van der Waals surface area contributed by atoms with Crippen LogP contribution in [0.1, 0.15) is 32.6 Å². The fourth-order valence-electron chi connectivity index (χ4n) is 1.76. The fourth-order valence-corrected chi connectivity index (χ4v) is 1.76. The Morgan fingerprint density at radius 1 is 1.67 bits per heavy atom. The highest BCUT2D eigenvalue weighted by Crippen LogP contribution is 2.16. The first kappa shape index (κ1) is 14.7. The van der Waals surface area contributed by atoms with Gasteiger partial charge in [-0.25, -0.2) is 0 Å². The molecular formula is C10H21ClN2O2. The number of carbonyl (C=O) groups is 1. The van der Waals surface area contributed by atoms with Crippen molar-refractivity contribution in [2.24, 2.45) is 5.73 Å². The van der Waals surface area contributed by atoms with Crippen molar-refractivity contribution in [3.8, 4) is 0 Å². The highest BCUT2D eigenvalue weighted by molar-refractivity contribution is 5.85. The number of nitrogens with two attached hydrogens (primary N) is 1. The minimum Gasteiger partial charge on any atom is -0.378 e. The third kappa shape index (κ3) is 5.97. The van der Waals surface area contributed by atoms with E-state index in [1.807, 2.05) is 6.92 Å². The first-order chi connectivity index (χ1) is 6.72. The maximum Gasteiger partial charge on any atom is 0.221 e. The van der Waals surface area contributed by atoms with Gasteiger partial charge in [-0.15, -0.1) is 12.4 Å². The normalized spacial score (nSPS) is 21.9. The van der Waals surface area contributed by atoms with Crippen molar-refractivity contribution in [2.45, 2.75) is 44.8 Å². The molecule has 1 saturated heterocycles. The Morgan fingerprint density at radius 3 is 2.93 bits per heavy atom. The maximum atomic E-state index is 11.2. The molecule has 15 heavy (non-hydrogen) atoms. The van der Waals surface area contributed by atoms with E-state index in [2.05, 4.69) is 5.32 Å². The third-order valence-electron chi connectivity index (χ3n) is 2.42. The summed E-state index contributed by atoms with van der Waals surface area (Å²) in [5, 5.41) is 2.91. The van der Waals surface area contributed by atoms with E-state index in [0.717, 1.165) is 25.9 Å². The standard InChI is InChI=1S/C10H20N2O2.ClH/c1-8(12-10(13)4-5-11)7-9-3-2-6-14-9;/h8-9H,2-7,11H2,1H3,(H,12,13);1H. The van der Waals surface area contributed by atoms with Gasteiger partial charge in [-0.05, 0) is 26.2 Å². The van der Waals surface area contributed by atoms with Crippen molar-refractivity contribution in [1.82, 2.24) is 5.32 Å². The molecule has 0 radical (unpaired) electrons. The Labute approximate surface area is 97.3 Å². The summed E-state index contributed by atoms with van der Waals surface area (Å²) in [4.78, 5) is 11.2. The predicted octanol–water partition coefficient (Wildman–Crippen LogP) is 0.831. The molecule has 0 saturated carbocycles. The topological polar surface area (TPSA) is 64.3 Å². The van der Waals surface area contributed by atoms with Gasteiger partial charge in [0.25, 0.3) is 0 Å². The van der Waals surface area contributed by atoms with E-state index in [1.54, 1.807) is 0 Å². The van der Waals surface area contributed by atoms with Crippen LogP contribution in [0.2, 0.25) is 0 Å². The first-order valence-electron chi connectivity index (χ1n) is 5.33. The van der Waals surface area contributed by atoms with Crippen LogP contribution in [-0.2, 0) is 9.53 Å². The molecule has 0 bridgehead atoms. The van der Waals surface area contributed by atoms with Crippen molar-refractivity contribution in [1.29, 1.82) is 0 Å². The van der Waals surface area contributed by atoms with Crippen LogP contribution in [0.15, 0.2) is 0 Å². The number of hydrogen-bond donors (Lipinski definition) is 2. The largest absolute Gasteiger partial charge is 0.378 e. The molecule has 2 unspecified atom stereocenters. The van der Waals surface area contributed by atoms with E-state index in [1.165, 1.54) is 0 Å². The van der Waals surface area contributed by atoms with Gasteiger partial charge in [0.15, 0.2) is 0 Å². The van der Waals surface area contributed by atoms with Gasteiger partial charge in [0.2, 0.25) is 5.91 Å². The lowest BCUT2D eigenvalue weighted by Gasteiger charge is -2.17. The van der Waals surface area contributed by atoms with Gasteiger partial charge in [-0.1, -0.05) is 0 Å². The molecule has 90 valence electrons. The molecule has 0 aromatic rings. The Hall–Kier alpha value is -0.320. The smallest absolute Gasteiger partial charge is 0.221 e. The number of hydrogen-bond acceptors (Lipinski definition) is 3. The molecule has 0 aromatic carbocycles. The van der Waals surface area contributed by atoms with Crippen molar-refractivity contribution >= 4 is 18.3 Å². The molecular weight excluding hydrogens is 216 g/mol. The van der Waals surface area contributed by atoms with Crippen molar-refractivity contribution in [3.63, 3.8) is 0 Å². The summed E-state index contributed by atoms with van der Waals surface area (Å²) in [6.07, 6.45) is 3.93. The van der Waals surface area contributed by atoms with Crippen LogP contribution in [0.4, 0.5) is 0 Å². The van der Waals surface area contributed by atoms with E-state index in [4.69, 9.17) is 10.5 Å². The highest BCUT2D eigenvalue weighted by Gasteiger charge is 2.18. The molecule has 3 N–H and O–H groups in total.